The van der Waals surface area contributed by atoms with Crippen molar-refractivity contribution in [3.05, 3.63) is 65.2 Å². The zero-order valence-electron chi connectivity index (χ0n) is 12.4. The van der Waals surface area contributed by atoms with E-state index in [0.717, 1.165) is 17.8 Å². The SMILES string of the molecule is Cc1ccc(C(=O)N2CCNCC2c2ccc(F)cc2)cn1. The first-order valence-electron chi connectivity index (χ1n) is 7.35. The standard InChI is InChI=1S/C17H18FN3O/c1-12-2-3-14(10-20-12)17(22)21-9-8-19-11-16(21)13-4-6-15(18)7-5-13/h2-7,10,16,19H,8-9,11H2,1H3. The first kappa shape index (κ1) is 14.7. The number of halogens is 1. The second-order valence-electron chi connectivity index (χ2n) is 5.46. The number of aromatic nitrogens is 1. The Kier molecular flexibility index (Phi) is 4.15. The molecule has 0 aliphatic carbocycles. The minimum Gasteiger partial charge on any atom is -0.329 e. The Morgan fingerprint density at radius 3 is 2.73 bits per heavy atom. The molecule has 1 aromatic carbocycles. The average molecular weight is 299 g/mol. The van der Waals surface area contributed by atoms with Crippen molar-refractivity contribution in [2.45, 2.75) is 13.0 Å². The molecule has 1 aromatic heterocycles. The molecule has 0 saturated carbocycles. The van der Waals surface area contributed by atoms with E-state index < -0.39 is 0 Å². The van der Waals surface area contributed by atoms with Gasteiger partial charge in [-0.3, -0.25) is 9.78 Å². The van der Waals surface area contributed by atoms with E-state index >= 15 is 0 Å². The summed E-state index contributed by atoms with van der Waals surface area (Å²) in [6, 6.07) is 9.88. The van der Waals surface area contributed by atoms with Crippen LogP contribution in [0.4, 0.5) is 4.39 Å². The zero-order chi connectivity index (χ0) is 15.5. The van der Waals surface area contributed by atoms with Crippen LogP contribution in [0.5, 0.6) is 0 Å². The van der Waals surface area contributed by atoms with Gasteiger partial charge in [0.1, 0.15) is 5.82 Å². The van der Waals surface area contributed by atoms with Crippen LogP contribution in [0, 0.1) is 12.7 Å². The van der Waals surface area contributed by atoms with Crippen molar-refractivity contribution in [2.24, 2.45) is 0 Å². The Labute approximate surface area is 129 Å². The van der Waals surface area contributed by atoms with Crippen LogP contribution in [0.1, 0.15) is 27.7 Å². The highest BCUT2D eigenvalue weighted by Gasteiger charge is 2.28. The van der Waals surface area contributed by atoms with Gasteiger partial charge in [0.25, 0.3) is 5.91 Å². The Hall–Kier alpha value is -2.27. The maximum absolute atomic E-state index is 13.1. The van der Waals surface area contributed by atoms with E-state index in [1.54, 1.807) is 24.4 Å². The van der Waals surface area contributed by atoms with Gasteiger partial charge in [0.05, 0.1) is 11.6 Å². The Balaban J connectivity index is 1.87. The van der Waals surface area contributed by atoms with Crippen molar-refractivity contribution >= 4 is 5.91 Å². The quantitative estimate of drug-likeness (QED) is 0.925. The number of carbonyl (C=O) groups excluding carboxylic acids is 1. The van der Waals surface area contributed by atoms with Gasteiger partial charge in [-0.25, -0.2) is 4.39 Å². The first-order chi connectivity index (χ1) is 10.6. The second kappa shape index (κ2) is 6.23. The highest BCUT2D eigenvalue weighted by atomic mass is 19.1. The molecule has 5 heteroatoms. The van der Waals surface area contributed by atoms with Crippen molar-refractivity contribution in [1.29, 1.82) is 0 Å². The third-order valence-electron chi connectivity index (χ3n) is 3.92. The molecule has 2 aromatic rings. The van der Waals surface area contributed by atoms with Crippen molar-refractivity contribution in [1.82, 2.24) is 15.2 Å². The summed E-state index contributed by atoms with van der Waals surface area (Å²) in [5, 5.41) is 3.29. The zero-order valence-corrected chi connectivity index (χ0v) is 12.4. The van der Waals surface area contributed by atoms with Gasteiger partial charge in [-0.05, 0) is 36.8 Å². The number of carbonyl (C=O) groups is 1. The molecule has 1 amide bonds. The predicted molar refractivity (Wildman–Crippen MR) is 82.0 cm³/mol. The predicted octanol–water partition coefficient (Wildman–Crippen LogP) is 2.32. The van der Waals surface area contributed by atoms with E-state index in [0.29, 0.717) is 18.7 Å². The van der Waals surface area contributed by atoms with Gasteiger partial charge >= 0.3 is 0 Å². The van der Waals surface area contributed by atoms with Crippen LogP contribution in [0.3, 0.4) is 0 Å². The lowest BCUT2D eigenvalue weighted by Crippen LogP contribution is -2.48. The third kappa shape index (κ3) is 2.99. The number of hydrogen-bond acceptors (Lipinski definition) is 3. The summed E-state index contributed by atoms with van der Waals surface area (Å²) in [6.45, 7) is 3.93. The van der Waals surface area contributed by atoms with Crippen LogP contribution < -0.4 is 5.32 Å². The molecule has 0 bridgehead atoms. The van der Waals surface area contributed by atoms with E-state index in [1.165, 1.54) is 12.1 Å². The molecular weight excluding hydrogens is 281 g/mol. The maximum Gasteiger partial charge on any atom is 0.256 e. The summed E-state index contributed by atoms with van der Waals surface area (Å²) in [6.07, 6.45) is 1.61. The van der Waals surface area contributed by atoms with Gasteiger partial charge in [-0.1, -0.05) is 12.1 Å². The lowest BCUT2D eigenvalue weighted by atomic mass is 10.0. The van der Waals surface area contributed by atoms with E-state index in [1.807, 2.05) is 17.9 Å². The highest BCUT2D eigenvalue weighted by Crippen LogP contribution is 2.24. The monoisotopic (exact) mass is 299 g/mol. The smallest absolute Gasteiger partial charge is 0.256 e. The number of pyridine rings is 1. The number of nitrogens with zero attached hydrogens (tertiary/aromatic N) is 2. The topological polar surface area (TPSA) is 45.2 Å². The van der Waals surface area contributed by atoms with Crippen LogP contribution >= 0.6 is 0 Å². The molecular formula is C17H18FN3O. The summed E-state index contributed by atoms with van der Waals surface area (Å²) in [5.41, 5.74) is 2.40. The van der Waals surface area contributed by atoms with Crippen LogP contribution in [0.15, 0.2) is 42.6 Å². The molecule has 1 saturated heterocycles. The maximum atomic E-state index is 13.1. The summed E-state index contributed by atoms with van der Waals surface area (Å²) < 4.78 is 13.1. The molecule has 2 heterocycles. The van der Waals surface area contributed by atoms with E-state index in [4.69, 9.17) is 0 Å². The number of hydrogen-bond donors (Lipinski definition) is 1. The summed E-state index contributed by atoms with van der Waals surface area (Å²) in [4.78, 5) is 18.8. The van der Waals surface area contributed by atoms with Crippen LogP contribution in [-0.4, -0.2) is 35.4 Å². The number of piperazine rings is 1. The van der Waals surface area contributed by atoms with E-state index in [-0.39, 0.29) is 17.8 Å². The van der Waals surface area contributed by atoms with Gasteiger partial charge in [0, 0.05) is 31.5 Å². The summed E-state index contributed by atoms with van der Waals surface area (Å²) in [7, 11) is 0. The first-order valence-corrected chi connectivity index (χ1v) is 7.35. The van der Waals surface area contributed by atoms with Crippen molar-refractivity contribution in [3.8, 4) is 0 Å². The number of amides is 1. The molecule has 1 fully saturated rings. The molecule has 1 aliphatic heterocycles. The Bertz CT molecular complexity index is 655. The van der Waals surface area contributed by atoms with Crippen molar-refractivity contribution in [2.75, 3.05) is 19.6 Å². The third-order valence-corrected chi connectivity index (χ3v) is 3.92. The fraction of sp³-hybridized carbons (Fsp3) is 0.294. The molecule has 0 radical (unpaired) electrons. The number of aryl methyl sites for hydroxylation is 1. The second-order valence-corrected chi connectivity index (χ2v) is 5.46. The normalized spacial score (nSPS) is 18.3. The van der Waals surface area contributed by atoms with E-state index in [9.17, 15) is 9.18 Å². The van der Waals surface area contributed by atoms with Gasteiger partial charge in [-0.2, -0.15) is 0 Å². The number of benzene rings is 1. The van der Waals surface area contributed by atoms with Gasteiger partial charge in [0.2, 0.25) is 0 Å². The molecule has 22 heavy (non-hydrogen) atoms. The molecule has 1 atom stereocenters. The average Bonchev–Trinajstić information content (AvgIpc) is 2.56. The molecule has 1 N–H and O–H groups in total. The van der Waals surface area contributed by atoms with Gasteiger partial charge < -0.3 is 10.2 Å². The van der Waals surface area contributed by atoms with E-state index in [2.05, 4.69) is 10.3 Å². The van der Waals surface area contributed by atoms with Crippen molar-refractivity contribution < 1.29 is 9.18 Å². The lowest BCUT2D eigenvalue weighted by molar-refractivity contribution is 0.0634. The Morgan fingerprint density at radius 1 is 1.27 bits per heavy atom. The molecule has 3 rings (SSSR count). The highest BCUT2D eigenvalue weighted by molar-refractivity contribution is 5.94. The molecule has 1 aliphatic rings. The fourth-order valence-corrected chi connectivity index (χ4v) is 2.69. The minimum absolute atomic E-state index is 0.0386. The number of rotatable bonds is 2. The van der Waals surface area contributed by atoms with Crippen molar-refractivity contribution in [3.63, 3.8) is 0 Å². The lowest BCUT2D eigenvalue weighted by Gasteiger charge is -2.36. The van der Waals surface area contributed by atoms with Crippen LogP contribution in [0.25, 0.3) is 0 Å². The minimum atomic E-state index is -0.270. The molecule has 1 unspecified atom stereocenters. The number of nitrogens with one attached hydrogen (secondary N) is 1. The van der Waals surface area contributed by atoms with Crippen LogP contribution in [-0.2, 0) is 0 Å². The molecule has 114 valence electrons. The molecule has 4 nitrogen and oxygen atoms in total. The van der Waals surface area contributed by atoms with Gasteiger partial charge in [0.15, 0.2) is 0 Å². The molecule has 0 spiro atoms. The summed E-state index contributed by atoms with van der Waals surface area (Å²) >= 11 is 0. The fourth-order valence-electron chi connectivity index (χ4n) is 2.69. The largest absolute Gasteiger partial charge is 0.329 e. The van der Waals surface area contributed by atoms with Gasteiger partial charge in [-0.15, -0.1) is 0 Å². The van der Waals surface area contributed by atoms with Crippen LogP contribution in [0.2, 0.25) is 0 Å². The Morgan fingerprint density at radius 2 is 2.05 bits per heavy atom. The summed E-state index contributed by atoms with van der Waals surface area (Å²) in [5.74, 6) is -0.309.